The highest BCUT2D eigenvalue weighted by Crippen LogP contribution is 2.16. The molecule has 0 fully saturated rings. The Hall–Kier alpha value is -0.770. The summed E-state index contributed by atoms with van der Waals surface area (Å²) in [6.45, 7) is 6.43. The molecule has 0 aliphatic rings. The van der Waals surface area contributed by atoms with Crippen molar-refractivity contribution in [1.82, 2.24) is 5.32 Å². The molecular formula is C13H20Cl2N2O. The lowest BCUT2D eigenvalue weighted by Crippen LogP contribution is -2.55. The summed E-state index contributed by atoms with van der Waals surface area (Å²) in [4.78, 5) is 12.0. The Bertz CT molecular complexity index is 392. The van der Waals surface area contributed by atoms with E-state index in [-0.39, 0.29) is 24.2 Å². The fraction of sp³-hybridized carbons (Fsp3) is 0.462. The maximum absolute atomic E-state index is 12.0. The van der Waals surface area contributed by atoms with Crippen LogP contribution in [0.3, 0.4) is 0 Å². The maximum Gasteiger partial charge on any atom is 0.251 e. The Labute approximate surface area is 119 Å². The highest BCUT2D eigenvalue weighted by atomic mass is 35.5. The maximum atomic E-state index is 12.0. The van der Waals surface area contributed by atoms with E-state index in [1.165, 1.54) is 0 Å². The molecule has 0 radical (unpaired) electrons. The monoisotopic (exact) mass is 290 g/mol. The normalized spacial score (nSPS) is 13.7. The number of nitrogens with one attached hydrogen (secondary N) is 1. The molecule has 1 atom stereocenters. The summed E-state index contributed by atoms with van der Waals surface area (Å²) < 4.78 is 0. The molecule has 0 aromatic heterocycles. The third kappa shape index (κ3) is 4.16. The van der Waals surface area contributed by atoms with Crippen LogP contribution in [0.5, 0.6) is 0 Å². The smallest absolute Gasteiger partial charge is 0.251 e. The molecule has 102 valence electrons. The van der Waals surface area contributed by atoms with E-state index < -0.39 is 5.54 Å². The first-order chi connectivity index (χ1) is 7.89. The summed E-state index contributed by atoms with van der Waals surface area (Å²) in [6, 6.07) is 6.81. The fourth-order valence-corrected chi connectivity index (χ4v) is 1.49. The number of halogens is 2. The second-order valence-corrected chi connectivity index (χ2v) is 5.17. The summed E-state index contributed by atoms with van der Waals surface area (Å²) in [6.07, 6.45) is 0. The van der Waals surface area contributed by atoms with Crippen molar-refractivity contribution in [2.24, 2.45) is 11.7 Å². The van der Waals surface area contributed by atoms with E-state index in [1.54, 1.807) is 24.3 Å². The molecule has 3 nitrogen and oxygen atoms in total. The van der Waals surface area contributed by atoms with Gasteiger partial charge in [0.15, 0.2) is 0 Å². The van der Waals surface area contributed by atoms with Crippen molar-refractivity contribution in [1.29, 1.82) is 0 Å². The fourth-order valence-electron chi connectivity index (χ4n) is 1.36. The number of rotatable bonds is 4. The van der Waals surface area contributed by atoms with Crippen molar-refractivity contribution in [3.05, 3.63) is 34.9 Å². The first kappa shape index (κ1) is 17.2. The van der Waals surface area contributed by atoms with Crippen molar-refractivity contribution >= 4 is 29.9 Å². The van der Waals surface area contributed by atoms with Gasteiger partial charge in [0, 0.05) is 17.1 Å². The van der Waals surface area contributed by atoms with E-state index in [0.29, 0.717) is 17.1 Å². The third-order valence-corrected chi connectivity index (χ3v) is 3.46. The van der Waals surface area contributed by atoms with Gasteiger partial charge in [0.2, 0.25) is 0 Å². The quantitative estimate of drug-likeness (QED) is 0.896. The van der Waals surface area contributed by atoms with Crippen LogP contribution in [0.25, 0.3) is 0 Å². The summed E-state index contributed by atoms with van der Waals surface area (Å²) >= 11 is 5.78. The summed E-state index contributed by atoms with van der Waals surface area (Å²) in [7, 11) is 0. The molecule has 0 bridgehead atoms. The number of hydrogen-bond acceptors (Lipinski definition) is 2. The highest BCUT2D eigenvalue weighted by molar-refractivity contribution is 6.30. The van der Waals surface area contributed by atoms with Gasteiger partial charge in [0.05, 0.1) is 5.54 Å². The lowest BCUT2D eigenvalue weighted by atomic mass is 9.88. The molecule has 1 amide bonds. The zero-order valence-electron chi connectivity index (χ0n) is 10.9. The number of carbonyl (C=O) groups excluding carboxylic acids is 1. The predicted molar refractivity (Wildman–Crippen MR) is 78.5 cm³/mol. The summed E-state index contributed by atoms with van der Waals surface area (Å²) in [5.41, 5.74) is 5.92. The molecule has 0 spiro atoms. The van der Waals surface area contributed by atoms with Crippen LogP contribution in [0.2, 0.25) is 5.02 Å². The van der Waals surface area contributed by atoms with E-state index in [4.69, 9.17) is 17.3 Å². The Balaban J connectivity index is 0.00000289. The molecule has 0 saturated carbocycles. The van der Waals surface area contributed by atoms with Crippen molar-refractivity contribution < 1.29 is 4.79 Å². The van der Waals surface area contributed by atoms with E-state index in [2.05, 4.69) is 5.32 Å². The van der Waals surface area contributed by atoms with Crippen LogP contribution in [0.4, 0.5) is 0 Å². The molecule has 1 unspecified atom stereocenters. The van der Waals surface area contributed by atoms with Crippen molar-refractivity contribution in [2.45, 2.75) is 26.3 Å². The first-order valence-electron chi connectivity index (χ1n) is 5.67. The lowest BCUT2D eigenvalue weighted by Gasteiger charge is -2.33. The van der Waals surface area contributed by atoms with E-state index in [9.17, 15) is 4.79 Å². The zero-order chi connectivity index (χ0) is 13.1. The third-order valence-electron chi connectivity index (χ3n) is 3.20. The van der Waals surface area contributed by atoms with Crippen LogP contribution in [0.15, 0.2) is 24.3 Å². The molecule has 1 aromatic rings. The van der Waals surface area contributed by atoms with E-state index in [1.807, 2.05) is 20.8 Å². The van der Waals surface area contributed by atoms with Crippen LogP contribution in [-0.4, -0.2) is 18.0 Å². The van der Waals surface area contributed by atoms with Crippen LogP contribution < -0.4 is 11.1 Å². The molecule has 18 heavy (non-hydrogen) atoms. The Morgan fingerprint density at radius 3 is 2.28 bits per heavy atom. The molecule has 3 N–H and O–H groups in total. The Kier molecular flexibility index (Phi) is 6.68. The lowest BCUT2D eigenvalue weighted by molar-refractivity contribution is 0.0883. The first-order valence-corrected chi connectivity index (χ1v) is 6.05. The molecule has 1 aromatic carbocycles. The minimum Gasteiger partial charge on any atom is -0.345 e. The molecular weight excluding hydrogens is 271 g/mol. The minimum atomic E-state index is -0.392. The second kappa shape index (κ2) is 6.98. The Morgan fingerprint density at radius 2 is 1.89 bits per heavy atom. The Morgan fingerprint density at radius 1 is 1.39 bits per heavy atom. The summed E-state index contributed by atoms with van der Waals surface area (Å²) in [5, 5.41) is 3.59. The average molecular weight is 291 g/mol. The van der Waals surface area contributed by atoms with Gasteiger partial charge < -0.3 is 11.1 Å². The van der Waals surface area contributed by atoms with Gasteiger partial charge in [-0.1, -0.05) is 25.4 Å². The molecule has 5 heteroatoms. The van der Waals surface area contributed by atoms with Gasteiger partial charge in [-0.05, 0) is 37.1 Å². The molecule has 0 saturated heterocycles. The van der Waals surface area contributed by atoms with E-state index in [0.717, 1.165) is 0 Å². The number of hydrogen-bond donors (Lipinski definition) is 2. The van der Waals surface area contributed by atoms with Crippen LogP contribution in [-0.2, 0) is 0 Å². The van der Waals surface area contributed by atoms with E-state index >= 15 is 0 Å². The zero-order valence-corrected chi connectivity index (χ0v) is 12.4. The van der Waals surface area contributed by atoms with Gasteiger partial charge in [0.1, 0.15) is 0 Å². The number of amides is 1. The van der Waals surface area contributed by atoms with Gasteiger partial charge in [0.25, 0.3) is 5.91 Å². The summed E-state index contributed by atoms with van der Waals surface area (Å²) in [5.74, 6) is 0.145. The predicted octanol–water partition coefficient (Wildman–Crippen LogP) is 2.87. The van der Waals surface area contributed by atoms with Gasteiger partial charge in [-0.25, -0.2) is 0 Å². The largest absolute Gasteiger partial charge is 0.345 e. The van der Waals surface area contributed by atoms with Gasteiger partial charge in [-0.15, -0.1) is 12.4 Å². The van der Waals surface area contributed by atoms with Gasteiger partial charge in [-0.3, -0.25) is 4.79 Å². The average Bonchev–Trinajstić information content (AvgIpc) is 2.29. The minimum absolute atomic E-state index is 0. The van der Waals surface area contributed by atoms with Crippen LogP contribution >= 0.6 is 24.0 Å². The van der Waals surface area contributed by atoms with Crippen molar-refractivity contribution in [3.8, 4) is 0 Å². The molecule has 0 aliphatic heterocycles. The van der Waals surface area contributed by atoms with Crippen molar-refractivity contribution in [2.75, 3.05) is 6.54 Å². The van der Waals surface area contributed by atoms with Gasteiger partial charge >= 0.3 is 0 Å². The standard InChI is InChI=1S/C13H19ClN2O.ClH/c1-9(2)13(3,8-15)16-12(17)10-4-6-11(14)7-5-10;/h4-7,9H,8,15H2,1-3H3,(H,16,17);1H. The number of carbonyl (C=O) groups is 1. The molecule has 1 rings (SSSR count). The number of benzene rings is 1. The topological polar surface area (TPSA) is 55.1 Å². The SMILES string of the molecule is CC(C)C(C)(CN)NC(=O)c1ccc(Cl)cc1.Cl. The second-order valence-electron chi connectivity index (χ2n) is 4.74. The molecule has 0 aliphatic carbocycles. The molecule has 0 heterocycles. The van der Waals surface area contributed by atoms with Gasteiger partial charge in [-0.2, -0.15) is 0 Å². The number of nitrogens with two attached hydrogens (primary N) is 1. The highest BCUT2D eigenvalue weighted by Gasteiger charge is 2.28. The van der Waals surface area contributed by atoms with Crippen LogP contribution in [0.1, 0.15) is 31.1 Å². The van der Waals surface area contributed by atoms with Crippen LogP contribution in [0, 0.1) is 5.92 Å². The van der Waals surface area contributed by atoms with Crippen molar-refractivity contribution in [3.63, 3.8) is 0 Å².